The molecule has 7 N–H and O–H groups in total. The molecule has 0 aromatic heterocycles. The average molecular weight is 504 g/mol. The molecule has 1 aromatic rings. The van der Waals surface area contributed by atoms with Crippen LogP contribution < -0.4 is 16.8 Å². The number of nitrogens with one attached hydrogen (secondary N) is 1. The Morgan fingerprint density at radius 1 is 1.11 bits per heavy atom. The summed E-state index contributed by atoms with van der Waals surface area (Å²) in [6.07, 6.45) is 7.31. The van der Waals surface area contributed by atoms with Crippen molar-refractivity contribution in [3.63, 3.8) is 0 Å². The normalized spacial score (nSPS) is 41.9. The van der Waals surface area contributed by atoms with Gasteiger partial charge >= 0.3 is 0 Å². The van der Waals surface area contributed by atoms with Crippen molar-refractivity contribution in [1.82, 2.24) is 5.32 Å². The van der Waals surface area contributed by atoms with Gasteiger partial charge in [-0.05, 0) is 105 Å². The molecule has 0 heterocycles. The summed E-state index contributed by atoms with van der Waals surface area (Å²) in [6, 6.07) is 5.86. The zero-order valence-electron chi connectivity index (χ0n) is 21.9. The van der Waals surface area contributed by atoms with Crippen LogP contribution >= 0.6 is 0 Å². The number of alkyl halides is 2. The van der Waals surface area contributed by atoms with Crippen LogP contribution in [0.3, 0.4) is 0 Å². The molecule has 5 nitrogen and oxygen atoms in total. The quantitative estimate of drug-likeness (QED) is 0.376. The van der Waals surface area contributed by atoms with E-state index in [1.165, 1.54) is 6.20 Å². The van der Waals surface area contributed by atoms with E-state index in [0.29, 0.717) is 37.8 Å². The van der Waals surface area contributed by atoms with Gasteiger partial charge in [-0.2, -0.15) is 0 Å². The molecule has 0 amide bonds. The first-order chi connectivity index (χ1) is 17.0. The molecule has 3 saturated carbocycles. The van der Waals surface area contributed by atoms with Crippen molar-refractivity contribution in [2.75, 3.05) is 19.8 Å². The Balaban J connectivity index is 0.000000967. The van der Waals surface area contributed by atoms with Crippen molar-refractivity contribution in [1.29, 1.82) is 0 Å². The van der Waals surface area contributed by atoms with Crippen LogP contribution in [0, 0.1) is 17.3 Å². The smallest absolute Gasteiger partial charge is 0.142 e. The molecule has 3 fully saturated rings. The fourth-order valence-electron chi connectivity index (χ4n) is 7.81. The Bertz CT molecular complexity index is 1030. The highest BCUT2D eigenvalue weighted by atomic mass is 19.2. The number of rotatable bonds is 2. The van der Waals surface area contributed by atoms with E-state index in [1.807, 2.05) is 32.3 Å². The molecule has 4 aliphatic rings. The second-order valence-corrected chi connectivity index (χ2v) is 11.8. The number of hydrogen-bond donors (Lipinski definition) is 5. The van der Waals surface area contributed by atoms with Gasteiger partial charge in [-0.3, -0.25) is 0 Å². The molecule has 200 valence electrons. The molecular formula is C29H43F2N3O2. The second kappa shape index (κ2) is 9.73. The minimum absolute atomic E-state index is 0.0201. The van der Waals surface area contributed by atoms with Gasteiger partial charge in [0, 0.05) is 24.4 Å². The van der Waals surface area contributed by atoms with Crippen molar-refractivity contribution >= 4 is 17.3 Å². The minimum Gasteiger partial charge on any atom is -0.405 e. The van der Waals surface area contributed by atoms with Gasteiger partial charge in [0.15, 0.2) is 0 Å². The van der Waals surface area contributed by atoms with Gasteiger partial charge in [0.05, 0.1) is 6.10 Å². The monoisotopic (exact) mass is 503 g/mol. The van der Waals surface area contributed by atoms with Gasteiger partial charge in [-0.25, -0.2) is 8.78 Å². The molecular weight excluding hydrogens is 460 g/mol. The largest absolute Gasteiger partial charge is 0.405 e. The molecule has 1 aromatic carbocycles. The number of allylic oxidation sites excluding steroid dienone is 2. The van der Waals surface area contributed by atoms with Crippen molar-refractivity contribution in [3.05, 3.63) is 41.6 Å². The molecule has 0 radical (unpaired) electrons. The van der Waals surface area contributed by atoms with Crippen LogP contribution in [0.15, 0.2) is 30.5 Å². The van der Waals surface area contributed by atoms with Gasteiger partial charge in [0.2, 0.25) is 0 Å². The maximum Gasteiger partial charge on any atom is 0.142 e. The van der Waals surface area contributed by atoms with Crippen molar-refractivity contribution < 1.29 is 19.0 Å². The third-order valence-electron chi connectivity index (χ3n) is 9.61. The van der Waals surface area contributed by atoms with E-state index >= 15 is 8.78 Å². The average Bonchev–Trinajstić information content (AvgIpc) is 3.12. The number of nitrogen functional groups attached to an aromatic ring is 1. The summed E-state index contributed by atoms with van der Waals surface area (Å²) < 4.78 is 32.8. The highest BCUT2D eigenvalue weighted by Crippen LogP contribution is 2.67. The van der Waals surface area contributed by atoms with Crippen LogP contribution in [-0.2, 0) is 0 Å². The molecule has 7 heteroatoms. The van der Waals surface area contributed by atoms with Gasteiger partial charge in [-0.1, -0.05) is 25.1 Å². The molecule has 0 saturated heterocycles. The van der Waals surface area contributed by atoms with Crippen molar-refractivity contribution in [2.45, 2.75) is 87.8 Å². The first-order valence-corrected chi connectivity index (χ1v) is 13.3. The number of anilines is 1. The molecule has 5 rings (SSSR count). The number of fused-ring (bicyclic) bond motifs is 4. The molecule has 4 aliphatic carbocycles. The maximum absolute atomic E-state index is 16.7. The number of nitrogens with two attached hydrogens (primary N) is 2. The van der Waals surface area contributed by atoms with Crippen LogP contribution in [0.1, 0.15) is 75.8 Å². The van der Waals surface area contributed by atoms with E-state index in [4.69, 9.17) is 11.5 Å². The highest BCUT2D eigenvalue weighted by Gasteiger charge is 2.69. The van der Waals surface area contributed by atoms with Crippen LogP contribution in [-0.4, -0.2) is 47.4 Å². The summed E-state index contributed by atoms with van der Waals surface area (Å²) in [5.74, 6) is -0.622. The molecule has 0 aliphatic heterocycles. The fraction of sp³-hybridized carbons (Fsp3) is 0.655. The van der Waals surface area contributed by atoms with E-state index in [2.05, 4.69) is 18.3 Å². The SMILES string of the molecule is CC12CCC3(F)CC4(F)CC(O)CCC4CC[C@]3(O)C1CC=C2c1ccc(/C=C\N)c(N)c1.CNC. The maximum atomic E-state index is 16.7. The highest BCUT2D eigenvalue weighted by molar-refractivity contribution is 5.78. The minimum atomic E-state index is -1.99. The lowest BCUT2D eigenvalue weighted by atomic mass is 9.52. The van der Waals surface area contributed by atoms with Gasteiger partial charge in [0.1, 0.15) is 16.9 Å². The molecule has 0 spiro atoms. The zero-order chi connectivity index (χ0) is 26.4. The standard InChI is InChI=1S/C27H36F2N2O2.C2H7N/c1-24-11-12-26(29)16-25(28)15-20(32)5-4-19(25)8-10-27(26,33)23(24)7-6-21(24)18-3-2-17(9-13-30)22(31)14-18;1-3-2/h2-3,6,9,13-14,19-20,23,32-33H,4-5,7-8,10-12,15-16,30-31H2,1H3;3H,1-2H3/b13-9-;/t19?,20?,23?,24?,25?,26?,27-;/m0./s1. The Morgan fingerprint density at radius 3 is 2.50 bits per heavy atom. The predicted molar refractivity (Wildman–Crippen MR) is 142 cm³/mol. The first-order valence-electron chi connectivity index (χ1n) is 13.3. The van der Waals surface area contributed by atoms with Crippen molar-refractivity contribution in [2.24, 2.45) is 23.0 Å². The summed E-state index contributed by atoms with van der Waals surface area (Å²) in [4.78, 5) is 0. The van der Waals surface area contributed by atoms with Crippen LogP contribution in [0.4, 0.5) is 14.5 Å². The lowest BCUT2D eigenvalue weighted by molar-refractivity contribution is -0.201. The topological polar surface area (TPSA) is 105 Å². The van der Waals surface area contributed by atoms with E-state index in [9.17, 15) is 10.2 Å². The van der Waals surface area contributed by atoms with Gasteiger partial charge in [0.25, 0.3) is 0 Å². The summed E-state index contributed by atoms with van der Waals surface area (Å²) in [6.45, 7) is 2.12. The van der Waals surface area contributed by atoms with Crippen LogP contribution in [0.5, 0.6) is 0 Å². The Hall–Kier alpha value is -1.96. The third-order valence-corrected chi connectivity index (χ3v) is 9.61. The van der Waals surface area contributed by atoms with E-state index in [-0.39, 0.29) is 37.5 Å². The Kier molecular flexibility index (Phi) is 7.32. The molecule has 6 unspecified atom stereocenters. The number of halogens is 2. The number of aliphatic hydroxyl groups excluding tert-OH is 1. The molecule has 7 atom stereocenters. The summed E-state index contributed by atoms with van der Waals surface area (Å²) in [5, 5.41) is 24.9. The summed E-state index contributed by atoms with van der Waals surface area (Å²) in [5.41, 5.74) is 9.54. The summed E-state index contributed by atoms with van der Waals surface area (Å²) in [7, 11) is 3.75. The zero-order valence-corrected chi connectivity index (χ0v) is 21.9. The van der Waals surface area contributed by atoms with E-state index < -0.39 is 28.5 Å². The van der Waals surface area contributed by atoms with E-state index in [0.717, 1.165) is 16.7 Å². The second-order valence-electron chi connectivity index (χ2n) is 11.8. The van der Waals surface area contributed by atoms with Gasteiger partial charge < -0.3 is 27.0 Å². The van der Waals surface area contributed by atoms with Crippen molar-refractivity contribution in [3.8, 4) is 0 Å². The summed E-state index contributed by atoms with van der Waals surface area (Å²) >= 11 is 0. The lowest BCUT2D eigenvalue weighted by Gasteiger charge is -2.56. The molecule has 36 heavy (non-hydrogen) atoms. The Morgan fingerprint density at radius 2 is 1.83 bits per heavy atom. The predicted octanol–water partition coefficient (Wildman–Crippen LogP) is 4.73. The van der Waals surface area contributed by atoms with Gasteiger partial charge in [-0.15, -0.1) is 0 Å². The third kappa shape index (κ3) is 4.27. The Labute approximate surface area is 214 Å². The molecule has 0 bridgehead atoms. The number of hydrogen-bond acceptors (Lipinski definition) is 5. The van der Waals surface area contributed by atoms with Crippen LogP contribution in [0.2, 0.25) is 0 Å². The van der Waals surface area contributed by atoms with E-state index in [1.54, 1.807) is 6.08 Å². The number of benzene rings is 1. The number of aliphatic hydroxyl groups is 2. The first kappa shape index (κ1) is 27.1. The van der Waals surface area contributed by atoms with Crippen LogP contribution in [0.25, 0.3) is 11.6 Å². The lowest BCUT2D eigenvalue weighted by Crippen LogP contribution is -2.63. The fourth-order valence-corrected chi connectivity index (χ4v) is 7.81.